The van der Waals surface area contributed by atoms with Crippen LogP contribution in [0, 0.1) is 30.3 Å². The van der Waals surface area contributed by atoms with E-state index >= 15 is 0 Å². The fraction of sp³-hybridized carbons (Fsp3) is 0. The van der Waals surface area contributed by atoms with Gasteiger partial charge in [0.2, 0.25) is 0 Å². The van der Waals surface area contributed by atoms with Gasteiger partial charge >= 0.3 is 80.0 Å². The molecule has 0 aliphatic rings. The van der Waals surface area contributed by atoms with Gasteiger partial charge in [0.05, 0.1) is 0 Å². The molecule has 0 atom stereocenters. The summed E-state index contributed by atoms with van der Waals surface area (Å²) in [5, 5.41) is 40.9. The second kappa shape index (κ2) is 82.4. The molecule has 0 heterocycles. The molecule has 0 saturated heterocycles. The van der Waals surface area contributed by atoms with Crippen molar-refractivity contribution in [3.8, 4) is 0 Å². The molecule has 0 rings (SSSR count). The third-order valence-electron chi connectivity index (χ3n) is 0. The third-order valence-corrected chi connectivity index (χ3v) is 0. The molecule has 28 heteroatoms. The summed E-state index contributed by atoms with van der Waals surface area (Å²) in [6, 6.07) is 0. The maximum atomic E-state index is 8.69. The summed E-state index contributed by atoms with van der Waals surface area (Å²) in [5.74, 6) is 0. The van der Waals surface area contributed by atoms with Crippen LogP contribution < -0.4 is 0 Å². The number of hydrogen-bond donors (Lipinski definition) is 4. The zero-order chi connectivity index (χ0) is 15.2. The first-order chi connectivity index (χ1) is 7.20. The van der Waals surface area contributed by atoms with Crippen LogP contribution in [-0.4, -0.2) is 136 Å². The van der Waals surface area contributed by atoms with Gasteiger partial charge in [-0.25, -0.2) is 0 Å². The average molecular weight is 567 g/mol. The molecule has 0 bridgehead atoms. The molecule has 28 heavy (non-hydrogen) atoms. The molecule has 0 aliphatic carbocycles. The summed E-state index contributed by atoms with van der Waals surface area (Å²) in [6.07, 6.45) is 0. The predicted molar refractivity (Wildman–Crippen MR) is 70.3 cm³/mol. The van der Waals surface area contributed by atoms with Gasteiger partial charge < -0.3 is 64.9 Å². The van der Waals surface area contributed by atoms with Gasteiger partial charge in [-0.2, -0.15) is 0 Å². The van der Waals surface area contributed by atoms with Crippen molar-refractivity contribution < 1.29 is 126 Å². The van der Waals surface area contributed by atoms with Gasteiger partial charge in [-0.05, 0) is 0 Å². The van der Waals surface area contributed by atoms with E-state index in [2.05, 4.69) is 0 Å². The fourth-order valence-corrected chi connectivity index (χ4v) is 0. The average Bonchev–Trinajstić information content (AvgIpc) is 1.73. The monoisotopic (exact) mass is 567 g/mol. The molecule has 0 fully saturated rings. The van der Waals surface area contributed by atoms with E-state index in [1.165, 1.54) is 0 Å². The quantitative estimate of drug-likeness (QED) is 0.120. The molecule has 25 nitrogen and oxygen atoms in total. The molecule has 0 aromatic carbocycles. The zero-order valence-electron chi connectivity index (χ0n) is 12.0. The SMILES string of the molecule is O.O.O.O.O.O.O.O.O.O=[N+]([O-])O.O=[N+]([O-])O.O=[N+]([O-])O.[Fe].[KH].[O]=[Mn](=[O])(=[O])[OH]. The van der Waals surface area contributed by atoms with E-state index in [-0.39, 0.29) is 118 Å². The Morgan fingerprint density at radius 2 is 0.536 bits per heavy atom. The first-order valence-electron chi connectivity index (χ1n) is 2.33. The van der Waals surface area contributed by atoms with Crippen molar-refractivity contribution >= 4 is 51.4 Å². The summed E-state index contributed by atoms with van der Waals surface area (Å²) >= 11 is -5.38. The molecule has 0 radical (unpaired) electrons. The predicted octanol–water partition coefficient (Wildman–Crippen LogP) is -10.0. The Labute approximate surface area is 206 Å². The van der Waals surface area contributed by atoms with Crippen LogP contribution in [0.1, 0.15) is 0 Å². The Hall–Kier alpha value is -0.725. The second-order valence-corrected chi connectivity index (χ2v) is 2.35. The minimum atomic E-state index is -5.38. The van der Waals surface area contributed by atoms with E-state index < -0.39 is 28.2 Å². The van der Waals surface area contributed by atoms with E-state index in [4.69, 9.17) is 61.7 Å². The number of nitrogens with zero attached hydrogens (tertiary/aromatic N) is 3. The molecule has 186 valence electrons. The van der Waals surface area contributed by atoms with Crippen molar-refractivity contribution in [2.24, 2.45) is 0 Å². The van der Waals surface area contributed by atoms with Crippen molar-refractivity contribution in [1.29, 1.82) is 0 Å². The Balaban J connectivity index is -0.00000000549. The Kier molecular flexibility index (Phi) is 368. The fourth-order valence-electron chi connectivity index (χ4n) is 0. The molecule has 0 unspecified atom stereocenters. The third kappa shape index (κ3) is 28400. The Morgan fingerprint density at radius 3 is 0.536 bits per heavy atom. The summed E-state index contributed by atoms with van der Waals surface area (Å²) < 4.78 is 33.1. The Bertz CT molecular complexity index is 328. The molecular weight excluding hydrogens is 544 g/mol. The van der Waals surface area contributed by atoms with E-state index in [0.717, 1.165) is 0 Å². The van der Waals surface area contributed by atoms with E-state index in [1.54, 1.807) is 0 Å². The first kappa shape index (κ1) is 125. The van der Waals surface area contributed by atoms with Crippen LogP contribution in [0.5, 0.6) is 0 Å². The molecule has 0 aliphatic heterocycles. The van der Waals surface area contributed by atoms with E-state index in [9.17, 15) is 0 Å². The van der Waals surface area contributed by atoms with Crippen LogP contribution in [-0.2, 0) is 41.5 Å². The standard InChI is InChI=1S/Fe.K.Mn.3HNO3.10H2O.3O.H/c;;;3*2-1(3)4;;;;;;;;;;;;;;/h;;;3*(H,2,3,4);10*1H2;;;;/q;;+1;;;;;;;;;;;;;;;;;/p-1. The van der Waals surface area contributed by atoms with Gasteiger partial charge in [0.15, 0.2) is 0 Å². The maximum absolute atomic E-state index is 8.69. The summed E-state index contributed by atoms with van der Waals surface area (Å²) in [6.45, 7) is 0. The van der Waals surface area contributed by atoms with E-state index in [1.807, 2.05) is 0 Å². The molecular formula is H23FeKMnN3O22. The van der Waals surface area contributed by atoms with Crippen molar-refractivity contribution in [2.45, 2.75) is 0 Å². The van der Waals surface area contributed by atoms with Crippen LogP contribution in [0.15, 0.2) is 0 Å². The van der Waals surface area contributed by atoms with Gasteiger partial charge in [0.25, 0.3) is 15.3 Å². The summed E-state index contributed by atoms with van der Waals surface area (Å²) in [5.41, 5.74) is 0. The summed E-state index contributed by atoms with van der Waals surface area (Å²) in [4.78, 5) is 25.1. The topological polar surface area (TPSA) is 545 Å². The molecule has 0 aromatic rings. The van der Waals surface area contributed by atoms with Crippen molar-refractivity contribution in [3.63, 3.8) is 0 Å². The van der Waals surface area contributed by atoms with Gasteiger partial charge in [-0.1, -0.05) is 0 Å². The van der Waals surface area contributed by atoms with Crippen molar-refractivity contribution in [1.82, 2.24) is 0 Å². The normalized spacial score (nSPS) is 4.61. The van der Waals surface area contributed by atoms with Crippen LogP contribution >= 0.6 is 0 Å². The van der Waals surface area contributed by atoms with Gasteiger partial charge in [-0.15, -0.1) is 30.3 Å². The van der Waals surface area contributed by atoms with Crippen LogP contribution in [0.4, 0.5) is 0 Å². The van der Waals surface area contributed by atoms with Crippen LogP contribution in [0.3, 0.4) is 0 Å². The van der Waals surface area contributed by atoms with Crippen LogP contribution in [0.25, 0.3) is 0 Å². The second-order valence-electron chi connectivity index (χ2n) is 1.11. The first-order valence-corrected chi connectivity index (χ1v) is 4.30. The van der Waals surface area contributed by atoms with Crippen molar-refractivity contribution in [3.05, 3.63) is 30.3 Å². The van der Waals surface area contributed by atoms with Gasteiger partial charge in [0, 0.05) is 17.1 Å². The van der Waals surface area contributed by atoms with Gasteiger partial charge in [-0.3, -0.25) is 0 Å². The van der Waals surface area contributed by atoms with Crippen LogP contribution in [0.2, 0.25) is 0 Å². The molecule has 0 amide bonds. The summed E-state index contributed by atoms with van der Waals surface area (Å²) in [7, 11) is 0. The number of hydrogen-bond acceptors (Lipinski definition) is 9. The zero-order valence-corrected chi connectivity index (χ0v) is 14.3. The molecule has 0 saturated carbocycles. The molecule has 0 aromatic heterocycles. The molecule has 22 N–H and O–H groups in total. The Morgan fingerprint density at radius 1 is 0.536 bits per heavy atom. The molecule has 0 spiro atoms. The number of rotatable bonds is 0. The van der Waals surface area contributed by atoms with E-state index in [0.29, 0.717) is 0 Å². The minimum absolute atomic E-state index is 0. The van der Waals surface area contributed by atoms with Crippen molar-refractivity contribution in [2.75, 3.05) is 0 Å². The van der Waals surface area contributed by atoms with Gasteiger partial charge in [0.1, 0.15) is 0 Å².